The zero-order chi connectivity index (χ0) is 18.5. The molecule has 7 heteroatoms. The second kappa shape index (κ2) is 8.14. The molecule has 26 heavy (non-hydrogen) atoms. The van der Waals surface area contributed by atoms with E-state index in [1.54, 1.807) is 6.07 Å². The Labute approximate surface area is 156 Å². The zero-order valence-electron chi connectivity index (χ0n) is 14.8. The van der Waals surface area contributed by atoms with Gasteiger partial charge in [-0.2, -0.15) is 0 Å². The van der Waals surface area contributed by atoms with E-state index in [0.29, 0.717) is 17.8 Å². The van der Waals surface area contributed by atoms with Gasteiger partial charge in [-0.15, -0.1) is 11.3 Å². The number of aromatic amines is 1. The number of H-pyrrole nitrogens is 1. The van der Waals surface area contributed by atoms with Gasteiger partial charge in [0.1, 0.15) is 11.9 Å². The molecule has 1 aromatic carbocycles. The third kappa shape index (κ3) is 4.29. The molecule has 3 N–H and O–H groups in total. The van der Waals surface area contributed by atoms with E-state index in [2.05, 4.69) is 20.6 Å². The number of nitrogens with one attached hydrogen (secondary N) is 3. The van der Waals surface area contributed by atoms with E-state index in [-0.39, 0.29) is 17.7 Å². The molecule has 0 saturated heterocycles. The van der Waals surface area contributed by atoms with E-state index >= 15 is 0 Å². The van der Waals surface area contributed by atoms with Crippen molar-refractivity contribution < 1.29 is 9.59 Å². The lowest BCUT2D eigenvalue weighted by Gasteiger charge is -2.21. The van der Waals surface area contributed by atoms with Gasteiger partial charge in [0, 0.05) is 13.0 Å². The van der Waals surface area contributed by atoms with E-state index in [0.717, 1.165) is 16.9 Å². The average molecular weight is 370 g/mol. The van der Waals surface area contributed by atoms with Gasteiger partial charge in [0.05, 0.1) is 15.9 Å². The summed E-state index contributed by atoms with van der Waals surface area (Å²) in [5.74, 6) is 0.424. The summed E-state index contributed by atoms with van der Waals surface area (Å²) in [5.41, 5.74) is 1.90. The van der Waals surface area contributed by atoms with Crippen LogP contribution < -0.4 is 10.6 Å². The summed E-state index contributed by atoms with van der Waals surface area (Å²) in [4.78, 5) is 33.1. The van der Waals surface area contributed by atoms with Crippen molar-refractivity contribution in [3.63, 3.8) is 0 Å². The van der Waals surface area contributed by atoms with Gasteiger partial charge in [0.2, 0.25) is 5.91 Å². The molecule has 2 heterocycles. The highest BCUT2D eigenvalue weighted by atomic mass is 32.1. The quantitative estimate of drug-likeness (QED) is 0.598. The lowest BCUT2D eigenvalue weighted by atomic mass is 10.0. The Morgan fingerprint density at radius 2 is 2.00 bits per heavy atom. The molecule has 2 amide bonds. The van der Waals surface area contributed by atoms with Gasteiger partial charge in [0.15, 0.2) is 0 Å². The van der Waals surface area contributed by atoms with Gasteiger partial charge in [0.25, 0.3) is 5.91 Å². The molecule has 0 aliphatic heterocycles. The first-order chi connectivity index (χ1) is 12.5. The fourth-order valence-corrected chi connectivity index (χ4v) is 3.32. The molecule has 0 saturated carbocycles. The van der Waals surface area contributed by atoms with Crippen LogP contribution >= 0.6 is 11.3 Å². The minimum Gasteiger partial charge on any atom is -0.354 e. The monoisotopic (exact) mass is 370 g/mol. The van der Waals surface area contributed by atoms with Crippen LogP contribution in [0.1, 0.15) is 29.3 Å². The predicted molar refractivity (Wildman–Crippen MR) is 103 cm³/mol. The normalized spacial score (nSPS) is 12.3. The number of hydrogen-bond donors (Lipinski definition) is 3. The maximum atomic E-state index is 12.5. The number of thiophene rings is 1. The van der Waals surface area contributed by atoms with Crippen molar-refractivity contribution in [1.82, 2.24) is 20.6 Å². The molecule has 2 aromatic heterocycles. The second-order valence-electron chi connectivity index (χ2n) is 6.41. The van der Waals surface area contributed by atoms with E-state index in [1.807, 2.05) is 49.6 Å². The SMILES string of the molecule is CC(C)[C@@H](NC(=O)c1cccs1)C(=O)NCCc1nc2ccccc2[nH]1. The molecule has 0 aliphatic carbocycles. The fourth-order valence-electron chi connectivity index (χ4n) is 2.69. The van der Waals surface area contributed by atoms with E-state index < -0.39 is 6.04 Å². The topological polar surface area (TPSA) is 86.9 Å². The first kappa shape index (κ1) is 18.1. The van der Waals surface area contributed by atoms with Crippen molar-refractivity contribution in [3.05, 3.63) is 52.5 Å². The number of aromatic nitrogens is 2. The minimum absolute atomic E-state index is 0.00915. The highest BCUT2D eigenvalue weighted by Gasteiger charge is 2.24. The van der Waals surface area contributed by atoms with Crippen LogP contribution in [-0.4, -0.2) is 34.4 Å². The summed E-state index contributed by atoms with van der Waals surface area (Å²) in [6.07, 6.45) is 0.601. The summed E-state index contributed by atoms with van der Waals surface area (Å²) in [7, 11) is 0. The predicted octanol–water partition coefficient (Wildman–Crippen LogP) is 2.74. The van der Waals surface area contributed by atoms with E-state index in [1.165, 1.54) is 11.3 Å². The van der Waals surface area contributed by atoms with Crippen LogP contribution in [-0.2, 0) is 11.2 Å². The first-order valence-electron chi connectivity index (χ1n) is 8.60. The molecule has 1 atom stereocenters. The Balaban J connectivity index is 1.55. The summed E-state index contributed by atoms with van der Waals surface area (Å²) in [6.45, 7) is 4.28. The number of carbonyl (C=O) groups excluding carboxylic acids is 2. The molecule has 6 nitrogen and oxygen atoms in total. The summed E-state index contributed by atoms with van der Waals surface area (Å²) in [5, 5.41) is 7.56. The Morgan fingerprint density at radius 1 is 1.19 bits per heavy atom. The molecule has 0 aliphatic rings. The zero-order valence-corrected chi connectivity index (χ0v) is 15.6. The third-order valence-corrected chi connectivity index (χ3v) is 4.95. The van der Waals surface area contributed by atoms with Crippen molar-refractivity contribution in [2.24, 2.45) is 5.92 Å². The van der Waals surface area contributed by atoms with Crippen molar-refractivity contribution in [1.29, 1.82) is 0 Å². The molecule has 0 fully saturated rings. The van der Waals surface area contributed by atoms with Gasteiger partial charge in [-0.1, -0.05) is 32.0 Å². The fraction of sp³-hybridized carbons (Fsp3) is 0.316. The van der Waals surface area contributed by atoms with Crippen LogP contribution in [0, 0.1) is 5.92 Å². The van der Waals surface area contributed by atoms with Gasteiger partial charge < -0.3 is 15.6 Å². The lowest BCUT2D eigenvalue weighted by molar-refractivity contribution is -0.123. The average Bonchev–Trinajstić information content (AvgIpc) is 3.28. The Morgan fingerprint density at radius 3 is 2.69 bits per heavy atom. The number of benzene rings is 1. The number of carbonyl (C=O) groups is 2. The summed E-state index contributed by atoms with van der Waals surface area (Å²) < 4.78 is 0. The van der Waals surface area contributed by atoms with Crippen molar-refractivity contribution in [2.45, 2.75) is 26.3 Å². The number of nitrogens with zero attached hydrogens (tertiary/aromatic N) is 1. The molecule has 3 rings (SSSR count). The summed E-state index contributed by atoms with van der Waals surface area (Å²) in [6, 6.07) is 10.8. The highest BCUT2D eigenvalue weighted by molar-refractivity contribution is 7.12. The number of rotatable bonds is 7. The third-order valence-electron chi connectivity index (χ3n) is 4.08. The van der Waals surface area contributed by atoms with Crippen molar-refractivity contribution in [2.75, 3.05) is 6.54 Å². The van der Waals surface area contributed by atoms with Crippen molar-refractivity contribution in [3.8, 4) is 0 Å². The maximum absolute atomic E-state index is 12.5. The lowest BCUT2D eigenvalue weighted by Crippen LogP contribution is -2.50. The van der Waals surface area contributed by atoms with Gasteiger partial charge >= 0.3 is 0 Å². The second-order valence-corrected chi connectivity index (χ2v) is 7.36. The molecular formula is C19H22N4O2S. The largest absolute Gasteiger partial charge is 0.354 e. The molecule has 0 radical (unpaired) electrons. The Hall–Kier alpha value is -2.67. The number of imidazole rings is 1. The molecule has 3 aromatic rings. The van der Waals surface area contributed by atoms with Crippen LogP contribution in [0.25, 0.3) is 11.0 Å². The van der Waals surface area contributed by atoms with Crippen LogP contribution in [0.15, 0.2) is 41.8 Å². The molecule has 0 bridgehead atoms. The number of fused-ring (bicyclic) bond motifs is 1. The van der Waals surface area contributed by atoms with Gasteiger partial charge in [-0.3, -0.25) is 9.59 Å². The van der Waals surface area contributed by atoms with Crippen LogP contribution in [0.5, 0.6) is 0 Å². The van der Waals surface area contributed by atoms with E-state index in [9.17, 15) is 9.59 Å². The molecule has 0 spiro atoms. The Bertz CT molecular complexity index is 853. The van der Waals surface area contributed by atoms with Gasteiger partial charge in [-0.25, -0.2) is 4.98 Å². The Kier molecular flexibility index (Phi) is 5.68. The first-order valence-corrected chi connectivity index (χ1v) is 9.48. The summed E-state index contributed by atoms with van der Waals surface area (Å²) >= 11 is 1.36. The molecular weight excluding hydrogens is 348 g/mol. The number of para-hydroxylation sites is 2. The standard InChI is InChI=1S/C19H22N4O2S/c1-12(2)17(23-18(24)15-8-5-11-26-15)19(25)20-10-9-16-21-13-6-3-4-7-14(13)22-16/h3-8,11-12,17H,9-10H2,1-2H3,(H,20,25)(H,21,22)(H,23,24)/t17-/m1/s1. The van der Waals surface area contributed by atoms with Crippen LogP contribution in [0.2, 0.25) is 0 Å². The number of hydrogen-bond acceptors (Lipinski definition) is 4. The maximum Gasteiger partial charge on any atom is 0.262 e. The van der Waals surface area contributed by atoms with Crippen LogP contribution in [0.4, 0.5) is 0 Å². The molecule has 136 valence electrons. The van der Waals surface area contributed by atoms with E-state index in [4.69, 9.17) is 0 Å². The minimum atomic E-state index is -0.569. The smallest absolute Gasteiger partial charge is 0.262 e. The van der Waals surface area contributed by atoms with Crippen LogP contribution in [0.3, 0.4) is 0 Å². The highest BCUT2D eigenvalue weighted by Crippen LogP contribution is 2.11. The van der Waals surface area contributed by atoms with Crippen molar-refractivity contribution >= 4 is 34.2 Å². The van der Waals surface area contributed by atoms with Gasteiger partial charge in [-0.05, 0) is 29.5 Å². The molecule has 0 unspecified atom stereocenters. The number of amides is 2.